The normalized spacial score (nSPS) is 14.3. The van der Waals surface area contributed by atoms with Gasteiger partial charge in [0, 0.05) is 16.5 Å². The van der Waals surface area contributed by atoms with Gasteiger partial charge in [-0.1, -0.05) is 133 Å². The van der Waals surface area contributed by atoms with Crippen LogP contribution in [0.25, 0.3) is 87.4 Å². The van der Waals surface area contributed by atoms with E-state index in [0.29, 0.717) is 27.7 Å². The summed E-state index contributed by atoms with van der Waals surface area (Å²) in [7, 11) is 0. The van der Waals surface area contributed by atoms with Crippen LogP contribution < -0.4 is 0 Å². The predicted molar refractivity (Wildman–Crippen MR) is 183 cm³/mol. The van der Waals surface area contributed by atoms with Crippen LogP contribution in [0, 0.1) is 0 Å². The third-order valence-electron chi connectivity index (χ3n) is 8.36. The zero-order valence-corrected chi connectivity index (χ0v) is 22.8. The summed E-state index contributed by atoms with van der Waals surface area (Å²) in [6, 6.07) is 30.4. The van der Waals surface area contributed by atoms with E-state index in [1.807, 2.05) is 103 Å². The maximum atomic E-state index is 9.29. The molecule has 1 aromatic heterocycles. The van der Waals surface area contributed by atoms with Crippen molar-refractivity contribution in [3.05, 3.63) is 158 Å². The van der Waals surface area contributed by atoms with Crippen LogP contribution in [0.2, 0.25) is 0 Å². The molecule has 0 aliphatic heterocycles. The molecule has 0 unspecified atom stereocenters. The quantitative estimate of drug-likeness (QED) is 0.156. The van der Waals surface area contributed by atoms with Crippen LogP contribution in [0.3, 0.4) is 0 Å². The lowest BCUT2D eigenvalue weighted by molar-refractivity contribution is 0.617. The summed E-state index contributed by atoms with van der Waals surface area (Å²) < 4.78 is 78.2. The van der Waals surface area contributed by atoms with Crippen LogP contribution in [-0.4, -0.2) is 0 Å². The van der Waals surface area contributed by atoms with Crippen molar-refractivity contribution in [2.24, 2.45) is 0 Å². The molecule has 9 rings (SSSR count). The van der Waals surface area contributed by atoms with Gasteiger partial charge in [-0.2, -0.15) is 0 Å². The zero-order chi connectivity index (χ0) is 35.3. The van der Waals surface area contributed by atoms with Crippen molar-refractivity contribution in [2.45, 2.75) is 0 Å². The van der Waals surface area contributed by atoms with Crippen LogP contribution >= 0.6 is 0 Å². The molecule has 1 nitrogen and oxygen atoms in total. The molecule has 8 aromatic carbocycles. The highest BCUT2D eigenvalue weighted by Gasteiger charge is 2.20. The molecule has 0 radical (unpaired) electrons. The van der Waals surface area contributed by atoms with Gasteiger partial charge in [0.1, 0.15) is 5.58 Å². The first-order chi connectivity index (χ1) is 24.7. The first-order valence-corrected chi connectivity index (χ1v) is 14.1. The Morgan fingerprint density at radius 1 is 0.419 bits per heavy atom. The second-order valence-electron chi connectivity index (χ2n) is 10.7. The van der Waals surface area contributed by atoms with Crippen molar-refractivity contribution < 1.29 is 15.4 Å². The molecular formula is C42H26O. The largest absolute Gasteiger partial charge is 0.464 e. The van der Waals surface area contributed by atoms with Gasteiger partial charge < -0.3 is 4.42 Å². The fraction of sp³-hybridized carbons (Fsp3) is 0. The molecule has 0 N–H and O–H groups in total. The van der Waals surface area contributed by atoms with Crippen LogP contribution in [-0.2, 0) is 0 Å². The Morgan fingerprint density at radius 3 is 1.79 bits per heavy atom. The number of fused-ring (bicyclic) bond motifs is 6. The highest BCUT2D eigenvalue weighted by Crippen LogP contribution is 2.46. The minimum Gasteiger partial charge on any atom is -0.464 e. The lowest BCUT2D eigenvalue weighted by Gasteiger charge is -2.17. The Kier molecular flexibility index (Phi) is 3.80. The third kappa shape index (κ3) is 3.72. The maximum Gasteiger partial charge on any atom is 0.135 e. The summed E-state index contributed by atoms with van der Waals surface area (Å²) in [6.45, 7) is 0. The van der Waals surface area contributed by atoms with E-state index in [-0.39, 0.29) is 51.3 Å². The van der Waals surface area contributed by atoms with E-state index in [9.17, 15) is 5.48 Å². The predicted octanol–water partition coefficient (Wildman–Crippen LogP) is 12.0. The molecule has 0 aliphatic carbocycles. The van der Waals surface area contributed by atoms with Gasteiger partial charge in [-0.25, -0.2) is 0 Å². The van der Waals surface area contributed by atoms with Crippen LogP contribution in [0.15, 0.2) is 162 Å². The standard InChI is InChI=1S/C42H26O/c1-2-10-27(11-3-1)29-20-23-34-39(26-43-40(34)25-29)42-37-16-8-6-14-35(37)41(36-15-7-9-17-38(36)42)31-21-22-33-30(24-31)19-18-28-12-4-5-13-32(28)33/h1-26H/i6D,7D,8D,9D,14D,15D,16D,17D. The number of hydrogen-bond donors (Lipinski definition) is 0. The Labute approximate surface area is 260 Å². The number of rotatable bonds is 3. The lowest BCUT2D eigenvalue weighted by Crippen LogP contribution is -1.90. The molecule has 9 aromatic rings. The molecule has 200 valence electrons. The lowest BCUT2D eigenvalue weighted by atomic mass is 9.85. The highest BCUT2D eigenvalue weighted by atomic mass is 16.3. The minimum atomic E-state index is -0.441. The first kappa shape index (κ1) is 17.3. The Balaban J connectivity index is 1.47. The summed E-state index contributed by atoms with van der Waals surface area (Å²) >= 11 is 0. The van der Waals surface area contributed by atoms with Gasteiger partial charge in [0.2, 0.25) is 0 Å². The fourth-order valence-electron chi connectivity index (χ4n) is 6.38. The molecular weight excluding hydrogens is 520 g/mol. The van der Waals surface area contributed by atoms with Crippen molar-refractivity contribution in [2.75, 3.05) is 0 Å². The van der Waals surface area contributed by atoms with Crippen LogP contribution in [0.1, 0.15) is 11.0 Å². The third-order valence-corrected chi connectivity index (χ3v) is 8.36. The van der Waals surface area contributed by atoms with Gasteiger partial charge in [0.25, 0.3) is 0 Å². The molecule has 1 heteroatoms. The molecule has 43 heavy (non-hydrogen) atoms. The van der Waals surface area contributed by atoms with Crippen LogP contribution in [0.4, 0.5) is 0 Å². The Morgan fingerprint density at radius 2 is 1.02 bits per heavy atom. The van der Waals surface area contributed by atoms with Crippen molar-refractivity contribution in [1.82, 2.24) is 0 Å². The van der Waals surface area contributed by atoms with Gasteiger partial charge in [-0.15, -0.1) is 0 Å². The number of benzene rings is 8. The average Bonchev–Trinajstić information content (AvgIpc) is 3.59. The number of furan rings is 1. The summed E-state index contributed by atoms with van der Waals surface area (Å²) in [5.41, 5.74) is 4.05. The summed E-state index contributed by atoms with van der Waals surface area (Å²) in [4.78, 5) is 0. The van der Waals surface area contributed by atoms with Gasteiger partial charge in [-0.05, 0) is 83.5 Å². The second kappa shape index (κ2) is 9.44. The van der Waals surface area contributed by atoms with Gasteiger partial charge in [-0.3, -0.25) is 0 Å². The van der Waals surface area contributed by atoms with E-state index in [4.69, 9.17) is 9.90 Å². The Hall–Kier alpha value is -5.66. The van der Waals surface area contributed by atoms with Crippen molar-refractivity contribution in [3.63, 3.8) is 0 Å². The second-order valence-corrected chi connectivity index (χ2v) is 10.7. The smallest absolute Gasteiger partial charge is 0.135 e. The van der Waals surface area contributed by atoms with E-state index in [1.54, 1.807) is 0 Å². The monoisotopic (exact) mass is 554 g/mol. The molecule has 0 fully saturated rings. The van der Waals surface area contributed by atoms with Gasteiger partial charge in [0.05, 0.1) is 17.2 Å². The van der Waals surface area contributed by atoms with E-state index < -0.39 is 24.2 Å². The molecule has 0 saturated carbocycles. The SMILES string of the molecule is [2H]c1c([2H])c([2H])c2c(-c3coc4cc(-c5ccccc5)ccc34)c3c([2H])c([2H])c([2H])c([2H])c3c(-c3ccc4c(ccc5ccccc54)c3)c2c1[2H]. The van der Waals surface area contributed by atoms with Crippen molar-refractivity contribution >= 4 is 54.1 Å². The fourth-order valence-corrected chi connectivity index (χ4v) is 6.38. The van der Waals surface area contributed by atoms with E-state index in [2.05, 4.69) is 0 Å². The van der Waals surface area contributed by atoms with Gasteiger partial charge >= 0.3 is 0 Å². The van der Waals surface area contributed by atoms with E-state index in [1.165, 1.54) is 6.26 Å². The summed E-state index contributed by atoms with van der Waals surface area (Å²) in [5.74, 6) is 0. The molecule has 0 saturated heterocycles. The molecule has 0 spiro atoms. The number of hydrogen-bond acceptors (Lipinski definition) is 1. The highest BCUT2D eigenvalue weighted by molar-refractivity contribution is 6.24. The van der Waals surface area contributed by atoms with Crippen molar-refractivity contribution in [3.8, 4) is 33.4 Å². The molecule has 1 heterocycles. The van der Waals surface area contributed by atoms with E-state index >= 15 is 0 Å². The summed E-state index contributed by atoms with van der Waals surface area (Å²) in [6.07, 6.45) is 1.51. The minimum absolute atomic E-state index is 0.155. The topological polar surface area (TPSA) is 13.1 Å². The zero-order valence-electron chi connectivity index (χ0n) is 30.8. The molecule has 0 atom stereocenters. The first-order valence-electron chi connectivity index (χ1n) is 18.1. The van der Waals surface area contributed by atoms with Crippen molar-refractivity contribution in [1.29, 1.82) is 0 Å². The average molecular weight is 555 g/mol. The summed E-state index contributed by atoms with van der Waals surface area (Å²) in [5, 5.41) is 5.29. The van der Waals surface area contributed by atoms with Crippen LogP contribution in [0.5, 0.6) is 0 Å². The molecule has 0 aliphatic rings. The maximum absolute atomic E-state index is 9.29. The Bertz CT molecular complexity index is 2870. The van der Waals surface area contributed by atoms with Gasteiger partial charge in [0.15, 0.2) is 0 Å². The molecule has 0 bridgehead atoms. The van der Waals surface area contributed by atoms with E-state index in [0.717, 1.165) is 32.7 Å². The molecule has 0 amide bonds.